The lowest BCUT2D eigenvalue weighted by Crippen LogP contribution is -2.37. The molecule has 90 valence electrons. The third kappa shape index (κ3) is 1.35. The monoisotopic (exact) mass is 234 g/mol. The third-order valence-electron chi connectivity index (χ3n) is 4.20. The van der Waals surface area contributed by atoms with Crippen LogP contribution in [0.15, 0.2) is 18.2 Å². The molecule has 0 aromatic heterocycles. The van der Waals surface area contributed by atoms with Crippen LogP contribution in [-0.4, -0.2) is 15.6 Å². The van der Waals surface area contributed by atoms with Crippen LogP contribution < -0.4 is 5.73 Å². The van der Waals surface area contributed by atoms with Gasteiger partial charge in [0.1, 0.15) is 5.75 Å². The highest BCUT2D eigenvalue weighted by Gasteiger charge is 2.65. The van der Waals surface area contributed by atoms with E-state index in [-0.39, 0.29) is 22.4 Å². The van der Waals surface area contributed by atoms with E-state index in [9.17, 15) is 15.2 Å². The Morgan fingerprint density at radius 3 is 2.41 bits per heavy atom. The second-order valence-electron chi connectivity index (χ2n) is 5.20. The fourth-order valence-corrected chi connectivity index (χ4v) is 2.79. The molecule has 1 aromatic carbocycles. The topological polar surface area (TPSA) is 89.4 Å². The number of nitrogens with two attached hydrogens (primary N) is 1. The minimum absolute atomic E-state index is 0.0216. The van der Waals surface area contributed by atoms with E-state index in [4.69, 9.17) is 5.73 Å². The minimum atomic E-state index is -0.435. The van der Waals surface area contributed by atoms with E-state index >= 15 is 0 Å². The number of nitro groups is 1. The van der Waals surface area contributed by atoms with Gasteiger partial charge >= 0.3 is 0 Å². The van der Waals surface area contributed by atoms with E-state index in [1.165, 1.54) is 18.2 Å². The van der Waals surface area contributed by atoms with Crippen molar-refractivity contribution in [2.24, 2.45) is 5.73 Å². The van der Waals surface area contributed by atoms with Gasteiger partial charge in [-0.15, -0.1) is 0 Å². The van der Waals surface area contributed by atoms with Crippen LogP contribution in [0.25, 0.3) is 0 Å². The van der Waals surface area contributed by atoms with Crippen LogP contribution in [0.3, 0.4) is 0 Å². The minimum Gasteiger partial charge on any atom is -0.508 e. The van der Waals surface area contributed by atoms with E-state index < -0.39 is 4.92 Å². The van der Waals surface area contributed by atoms with E-state index in [1.54, 1.807) is 0 Å². The zero-order valence-electron chi connectivity index (χ0n) is 9.35. The highest BCUT2D eigenvalue weighted by atomic mass is 16.6. The Bertz CT molecular complexity index is 504. The van der Waals surface area contributed by atoms with Crippen molar-refractivity contribution in [3.8, 4) is 5.75 Å². The van der Waals surface area contributed by atoms with Crippen molar-refractivity contribution in [3.63, 3.8) is 0 Å². The molecule has 1 aromatic rings. The van der Waals surface area contributed by atoms with E-state index in [1.807, 2.05) is 0 Å². The molecule has 2 aliphatic carbocycles. The highest BCUT2D eigenvalue weighted by Crippen LogP contribution is 2.65. The average molecular weight is 234 g/mol. The normalized spacial score (nSPS) is 23.1. The van der Waals surface area contributed by atoms with Gasteiger partial charge in [-0.3, -0.25) is 10.1 Å². The van der Waals surface area contributed by atoms with Gasteiger partial charge in [0, 0.05) is 28.7 Å². The Morgan fingerprint density at radius 1 is 1.29 bits per heavy atom. The lowest BCUT2D eigenvalue weighted by atomic mass is 9.85. The Labute approximate surface area is 98.4 Å². The Balaban J connectivity index is 2.08. The molecule has 0 bridgehead atoms. The summed E-state index contributed by atoms with van der Waals surface area (Å²) in [6.45, 7) is 0. The first kappa shape index (κ1) is 10.5. The number of non-ortho nitro benzene ring substituents is 1. The molecule has 2 fully saturated rings. The summed E-state index contributed by atoms with van der Waals surface area (Å²) in [7, 11) is 0. The number of nitrogens with zero attached hydrogens (tertiary/aromatic N) is 1. The summed E-state index contributed by atoms with van der Waals surface area (Å²) >= 11 is 0. The molecule has 3 N–H and O–H groups in total. The molecule has 0 atom stereocenters. The molecule has 0 amide bonds. The number of nitro benzene ring substituents is 1. The molecular weight excluding hydrogens is 220 g/mol. The van der Waals surface area contributed by atoms with Crippen LogP contribution in [0, 0.1) is 10.1 Å². The van der Waals surface area contributed by atoms with Crippen LogP contribution in [0.1, 0.15) is 31.2 Å². The molecule has 0 radical (unpaired) electrons. The average Bonchev–Trinajstić information content (AvgIpc) is 3.14. The second-order valence-corrected chi connectivity index (χ2v) is 5.20. The van der Waals surface area contributed by atoms with Crippen molar-refractivity contribution in [1.29, 1.82) is 0 Å². The standard InChI is InChI=1S/C12H14N2O3/c13-12(5-6-12)11(3-4-11)9-7-8(14(16)17)1-2-10(9)15/h1-2,7,15H,3-6,13H2. The largest absolute Gasteiger partial charge is 0.508 e. The van der Waals surface area contributed by atoms with E-state index in [0.717, 1.165) is 25.7 Å². The fourth-order valence-electron chi connectivity index (χ4n) is 2.79. The van der Waals surface area contributed by atoms with Crippen molar-refractivity contribution in [1.82, 2.24) is 0 Å². The summed E-state index contributed by atoms with van der Waals surface area (Å²) < 4.78 is 0. The third-order valence-corrected chi connectivity index (χ3v) is 4.20. The molecule has 0 spiro atoms. The van der Waals surface area contributed by atoms with Gasteiger partial charge in [-0.2, -0.15) is 0 Å². The predicted octanol–water partition coefficient (Wildman–Crippen LogP) is 1.82. The van der Waals surface area contributed by atoms with Gasteiger partial charge in [-0.25, -0.2) is 0 Å². The number of phenols is 1. The molecule has 0 saturated heterocycles. The maximum atomic E-state index is 10.8. The van der Waals surface area contributed by atoms with Crippen molar-refractivity contribution in [3.05, 3.63) is 33.9 Å². The molecule has 0 heterocycles. The van der Waals surface area contributed by atoms with Crippen LogP contribution in [0.2, 0.25) is 0 Å². The summed E-state index contributed by atoms with van der Waals surface area (Å²) in [5.41, 5.74) is 6.44. The predicted molar refractivity (Wildman–Crippen MR) is 61.8 cm³/mol. The van der Waals surface area contributed by atoms with Crippen LogP contribution in [0.4, 0.5) is 5.69 Å². The molecule has 2 saturated carbocycles. The second kappa shape index (κ2) is 2.98. The van der Waals surface area contributed by atoms with Crippen LogP contribution in [0.5, 0.6) is 5.75 Å². The number of phenolic OH excluding ortho intramolecular Hbond substituents is 1. The summed E-state index contributed by atoms with van der Waals surface area (Å²) in [4.78, 5) is 10.3. The van der Waals surface area contributed by atoms with Gasteiger partial charge in [-0.1, -0.05) is 0 Å². The van der Waals surface area contributed by atoms with Gasteiger partial charge < -0.3 is 10.8 Å². The van der Waals surface area contributed by atoms with Crippen molar-refractivity contribution < 1.29 is 10.0 Å². The molecule has 2 aliphatic rings. The quantitative estimate of drug-likeness (QED) is 0.616. The molecule has 3 rings (SSSR count). The number of aromatic hydroxyl groups is 1. The number of benzene rings is 1. The molecule has 5 nitrogen and oxygen atoms in total. The van der Waals surface area contributed by atoms with Crippen LogP contribution in [-0.2, 0) is 5.41 Å². The first-order chi connectivity index (χ1) is 7.98. The van der Waals surface area contributed by atoms with Gasteiger partial charge in [0.05, 0.1) is 4.92 Å². The molecule has 5 heteroatoms. The van der Waals surface area contributed by atoms with Gasteiger partial charge in [0.15, 0.2) is 0 Å². The molecule has 17 heavy (non-hydrogen) atoms. The van der Waals surface area contributed by atoms with Gasteiger partial charge in [0.2, 0.25) is 0 Å². The zero-order valence-corrected chi connectivity index (χ0v) is 9.35. The van der Waals surface area contributed by atoms with Crippen molar-refractivity contribution in [2.75, 3.05) is 0 Å². The molecule has 0 aliphatic heterocycles. The maximum absolute atomic E-state index is 10.8. The maximum Gasteiger partial charge on any atom is 0.269 e. The number of rotatable bonds is 3. The number of hydrogen-bond acceptors (Lipinski definition) is 4. The number of hydrogen-bond donors (Lipinski definition) is 2. The summed E-state index contributed by atoms with van der Waals surface area (Å²) in [5.74, 6) is 0.129. The summed E-state index contributed by atoms with van der Waals surface area (Å²) in [6.07, 6.45) is 3.71. The fraction of sp³-hybridized carbons (Fsp3) is 0.500. The van der Waals surface area contributed by atoms with Crippen LogP contribution >= 0.6 is 0 Å². The Kier molecular flexibility index (Phi) is 1.85. The Hall–Kier alpha value is -1.62. The van der Waals surface area contributed by atoms with Gasteiger partial charge in [0.25, 0.3) is 5.69 Å². The lowest BCUT2D eigenvalue weighted by molar-refractivity contribution is -0.385. The first-order valence-electron chi connectivity index (χ1n) is 5.75. The lowest BCUT2D eigenvalue weighted by Gasteiger charge is -2.23. The van der Waals surface area contributed by atoms with Crippen molar-refractivity contribution in [2.45, 2.75) is 36.6 Å². The zero-order chi connectivity index (χ0) is 12.3. The molecular formula is C12H14N2O3. The molecule has 0 unspecified atom stereocenters. The summed E-state index contributed by atoms with van der Waals surface area (Å²) in [5, 5.41) is 20.7. The summed E-state index contributed by atoms with van der Waals surface area (Å²) in [6, 6.07) is 4.21. The highest BCUT2D eigenvalue weighted by molar-refractivity contribution is 5.53. The SMILES string of the molecule is NC1(C2(c3cc([N+](=O)[O-])ccc3O)CC2)CC1. The smallest absolute Gasteiger partial charge is 0.269 e. The first-order valence-corrected chi connectivity index (χ1v) is 5.75. The van der Waals surface area contributed by atoms with E-state index in [0.29, 0.717) is 5.56 Å². The Morgan fingerprint density at radius 2 is 1.94 bits per heavy atom. The van der Waals surface area contributed by atoms with Gasteiger partial charge in [-0.05, 0) is 31.7 Å². The van der Waals surface area contributed by atoms with Crippen molar-refractivity contribution >= 4 is 5.69 Å². The van der Waals surface area contributed by atoms with E-state index in [2.05, 4.69) is 0 Å².